The van der Waals surface area contributed by atoms with E-state index in [-0.39, 0.29) is 5.91 Å². The van der Waals surface area contributed by atoms with E-state index in [4.69, 9.17) is 0 Å². The number of amides is 1. The molecule has 6 nitrogen and oxygen atoms in total. The van der Waals surface area contributed by atoms with Crippen LogP contribution in [0.5, 0.6) is 0 Å². The third-order valence-electron chi connectivity index (χ3n) is 3.44. The lowest BCUT2D eigenvalue weighted by atomic mass is 10.2. The Kier molecular flexibility index (Phi) is 6.54. The lowest BCUT2D eigenvalue weighted by Gasteiger charge is -2.22. The molecule has 2 N–H and O–H groups in total. The van der Waals surface area contributed by atoms with Crippen molar-refractivity contribution in [3.8, 4) is 0 Å². The summed E-state index contributed by atoms with van der Waals surface area (Å²) in [6.07, 6.45) is 3.75. The number of nitrogens with zero attached hydrogens (tertiary/aromatic N) is 3. The predicted molar refractivity (Wildman–Crippen MR) is 98.9 cm³/mol. The van der Waals surface area contributed by atoms with Gasteiger partial charge in [0.2, 0.25) is 5.91 Å². The van der Waals surface area contributed by atoms with E-state index in [0.717, 1.165) is 48.9 Å². The third kappa shape index (κ3) is 5.22. The van der Waals surface area contributed by atoms with Crippen LogP contribution in [-0.2, 0) is 4.79 Å². The summed E-state index contributed by atoms with van der Waals surface area (Å²) in [6.45, 7) is 7.79. The van der Waals surface area contributed by atoms with Crippen LogP contribution in [0.4, 0.5) is 23.0 Å². The molecule has 6 heteroatoms. The molecular weight excluding hydrogens is 302 g/mol. The molecular formula is C18H25N5O. The minimum absolute atomic E-state index is 0.0805. The quantitative estimate of drug-likeness (QED) is 0.771. The summed E-state index contributed by atoms with van der Waals surface area (Å²) in [5.74, 6) is 1.61. The van der Waals surface area contributed by atoms with Crippen LogP contribution in [0.2, 0.25) is 0 Å². The molecule has 0 saturated carbocycles. The van der Waals surface area contributed by atoms with Gasteiger partial charge in [-0.1, -0.05) is 13.8 Å². The Bertz CT molecular complexity index is 651. The fourth-order valence-electron chi connectivity index (χ4n) is 2.46. The van der Waals surface area contributed by atoms with Crippen molar-refractivity contribution < 1.29 is 4.79 Å². The summed E-state index contributed by atoms with van der Waals surface area (Å²) in [4.78, 5) is 22.0. The van der Waals surface area contributed by atoms with E-state index in [1.165, 1.54) is 6.92 Å². The summed E-state index contributed by atoms with van der Waals surface area (Å²) >= 11 is 0. The molecule has 0 aliphatic carbocycles. The molecule has 1 amide bonds. The predicted octanol–water partition coefficient (Wildman–Crippen LogP) is 3.81. The maximum Gasteiger partial charge on any atom is 0.221 e. The molecule has 0 unspecified atom stereocenters. The lowest BCUT2D eigenvalue weighted by molar-refractivity contribution is -0.114. The number of nitrogens with one attached hydrogen (secondary N) is 2. The van der Waals surface area contributed by atoms with Gasteiger partial charge < -0.3 is 15.5 Å². The number of aromatic nitrogens is 2. The first-order valence-electron chi connectivity index (χ1n) is 8.34. The van der Waals surface area contributed by atoms with Gasteiger partial charge in [0.05, 0.1) is 0 Å². The van der Waals surface area contributed by atoms with E-state index in [9.17, 15) is 4.79 Å². The number of carbonyl (C=O) groups is 1. The van der Waals surface area contributed by atoms with Gasteiger partial charge in [-0.25, -0.2) is 9.97 Å². The zero-order valence-electron chi connectivity index (χ0n) is 14.5. The summed E-state index contributed by atoms with van der Waals surface area (Å²) in [6, 6.07) is 9.48. The van der Waals surface area contributed by atoms with Crippen molar-refractivity contribution in [2.45, 2.75) is 33.6 Å². The van der Waals surface area contributed by atoms with Gasteiger partial charge in [-0.15, -0.1) is 0 Å². The van der Waals surface area contributed by atoms with Crippen molar-refractivity contribution in [3.05, 3.63) is 36.7 Å². The van der Waals surface area contributed by atoms with Gasteiger partial charge in [-0.3, -0.25) is 4.79 Å². The van der Waals surface area contributed by atoms with Crippen LogP contribution < -0.4 is 15.5 Å². The van der Waals surface area contributed by atoms with Gasteiger partial charge in [0.25, 0.3) is 0 Å². The van der Waals surface area contributed by atoms with Gasteiger partial charge in [-0.2, -0.15) is 0 Å². The molecule has 1 aromatic heterocycles. The van der Waals surface area contributed by atoms with Crippen LogP contribution in [0.25, 0.3) is 0 Å². The summed E-state index contributed by atoms with van der Waals surface area (Å²) < 4.78 is 0. The maximum atomic E-state index is 11.0. The Hall–Kier alpha value is -2.63. The largest absolute Gasteiger partial charge is 0.356 e. The first kappa shape index (κ1) is 17.7. The highest BCUT2D eigenvalue weighted by atomic mass is 16.1. The molecule has 0 atom stereocenters. The zero-order valence-corrected chi connectivity index (χ0v) is 14.5. The second-order valence-electron chi connectivity index (χ2n) is 5.63. The van der Waals surface area contributed by atoms with E-state index in [1.807, 2.05) is 30.3 Å². The van der Waals surface area contributed by atoms with Gasteiger partial charge in [0.15, 0.2) is 0 Å². The van der Waals surface area contributed by atoms with Crippen LogP contribution in [0.1, 0.15) is 33.6 Å². The second kappa shape index (κ2) is 8.86. The Morgan fingerprint density at radius 1 is 1.04 bits per heavy atom. The van der Waals surface area contributed by atoms with E-state index in [0.29, 0.717) is 0 Å². The molecule has 0 aliphatic heterocycles. The van der Waals surface area contributed by atoms with Gasteiger partial charge in [-0.05, 0) is 37.1 Å². The number of rotatable bonds is 8. The highest BCUT2D eigenvalue weighted by Gasteiger charge is 2.07. The number of carbonyl (C=O) groups excluding carboxylic acids is 1. The van der Waals surface area contributed by atoms with E-state index < -0.39 is 0 Å². The van der Waals surface area contributed by atoms with Gasteiger partial charge in [0.1, 0.15) is 18.0 Å². The minimum atomic E-state index is -0.0805. The Balaban J connectivity index is 2.09. The van der Waals surface area contributed by atoms with E-state index in [2.05, 4.69) is 39.3 Å². The summed E-state index contributed by atoms with van der Waals surface area (Å²) in [5, 5.41) is 6.02. The molecule has 1 heterocycles. The average molecular weight is 327 g/mol. The van der Waals surface area contributed by atoms with Crippen LogP contribution in [0.3, 0.4) is 0 Å². The Labute approximate surface area is 143 Å². The molecule has 0 fully saturated rings. The number of hydrogen-bond acceptors (Lipinski definition) is 5. The standard InChI is InChI=1S/C18H25N5O/c1-4-10-23(11-5-2)18-12-17(19-13-20-18)22-16-8-6-15(7-9-16)21-14(3)24/h6-9,12-13H,4-5,10-11H2,1-3H3,(H,21,24)(H,19,20,22). The van der Waals surface area contributed by atoms with Crippen LogP contribution in [0, 0.1) is 0 Å². The average Bonchev–Trinajstić information content (AvgIpc) is 2.56. The molecule has 0 saturated heterocycles. The first-order chi connectivity index (χ1) is 11.6. The van der Waals surface area contributed by atoms with Crippen molar-refractivity contribution in [2.24, 2.45) is 0 Å². The van der Waals surface area contributed by atoms with Gasteiger partial charge >= 0.3 is 0 Å². The van der Waals surface area contributed by atoms with Crippen LogP contribution >= 0.6 is 0 Å². The van der Waals surface area contributed by atoms with Crippen molar-refractivity contribution in [3.63, 3.8) is 0 Å². The molecule has 1 aromatic carbocycles. The fraction of sp³-hybridized carbons (Fsp3) is 0.389. The normalized spacial score (nSPS) is 10.3. The van der Waals surface area contributed by atoms with Gasteiger partial charge in [0, 0.05) is 37.5 Å². The highest BCUT2D eigenvalue weighted by Crippen LogP contribution is 2.20. The first-order valence-corrected chi connectivity index (χ1v) is 8.34. The second-order valence-corrected chi connectivity index (χ2v) is 5.63. The van der Waals surface area contributed by atoms with E-state index in [1.54, 1.807) is 6.33 Å². The minimum Gasteiger partial charge on any atom is -0.356 e. The molecule has 0 spiro atoms. The number of benzene rings is 1. The Morgan fingerprint density at radius 3 is 2.25 bits per heavy atom. The topological polar surface area (TPSA) is 70.2 Å². The molecule has 2 aromatic rings. The highest BCUT2D eigenvalue weighted by molar-refractivity contribution is 5.88. The fourth-order valence-corrected chi connectivity index (χ4v) is 2.46. The van der Waals surface area contributed by atoms with E-state index >= 15 is 0 Å². The smallest absolute Gasteiger partial charge is 0.221 e. The molecule has 128 valence electrons. The molecule has 0 radical (unpaired) electrons. The SMILES string of the molecule is CCCN(CCC)c1cc(Nc2ccc(NC(C)=O)cc2)ncn1. The van der Waals surface area contributed by atoms with Crippen LogP contribution in [0.15, 0.2) is 36.7 Å². The van der Waals surface area contributed by atoms with Crippen molar-refractivity contribution in [2.75, 3.05) is 28.6 Å². The number of anilines is 4. The third-order valence-corrected chi connectivity index (χ3v) is 3.44. The van der Waals surface area contributed by atoms with Crippen molar-refractivity contribution >= 4 is 28.9 Å². The molecule has 0 bridgehead atoms. The summed E-state index contributed by atoms with van der Waals surface area (Å²) in [7, 11) is 0. The monoisotopic (exact) mass is 327 g/mol. The lowest BCUT2D eigenvalue weighted by Crippen LogP contribution is -2.25. The maximum absolute atomic E-state index is 11.0. The van der Waals surface area contributed by atoms with Crippen LogP contribution in [-0.4, -0.2) is 29.0 Å². The summed E-state index contributed by atoms with van der Waals surface area (Å²) in [5.41, 5.74) is 1.68. The zero-order chi connectivity index (χ0) is 17.4. The molecule has 0 aliphatic rings. The molecule has 2 rings (SSSR count). The number of hydrogen-bond donors (Lipinski definition) is 2. The molecule has 24 heavy (non-hydrogen) atoms. The van der Waals surface area contributed by atoms with Crippen molar-refractivity contribution in [1.82, 2.24) is 9.97 Å². The Morgan fingerprint density at radius 2 is 1.67 bits per heavy atom. The van der Waals surface area contributed by atoms with Crippen molar-refractivity contribution in [1.29, 1.82) is 0 Å².